The number of carbonyl (C=O) groups is 1. The molecular weight excluding hydrogens is 448 g/mol. The normalized spacial score (nSPS) is 10.9. The maximum atomic E-state index is 12.2. The van der Waals surface area contributed by atoms with Crippen LogP contribution in [0.5, 0.6) is 0 Å². The molecule has 2 aromatic rings. The van der Waals surface area contributed by atoms with E-state index >= 15 is 0 Å². The first kappa shape index (κ1) is 28.2. The number of nitrogens with one attached hydrogen (secondary N) is 4. The number of rotatable bonds is 18. The number of amides is 1. The van der Waals surface area contributed by atoms with Gasteiger partial charge in [0.25, 0.3) is 0 Å². The van der Waals surface area contributed by atoms with Gasteiger partial charge in [-0.05, 0) is 38.0 Å². The van der Waals surface area contributed by atoms with Gasteiger partial charge < -0.3 is 36.5 Å². The Morgan fingerprint density at radius 1 is 0.943 bits per heavy atom. The number of carbonyl (C=O) groups excluding carboxylic acids is 1. The molecule has 11 heteroatoms. The lowest BCUT2D eigenvalue weighted by Gasteiger charge is -2.13. The zero-order valence-electron chi connectivity index (χ0n) is 21.1. The van der Waals surface area contributed by atoms with Gasteiger partial charge in [0.15, 0.2) is 0 Å². The third-order valence-electron chi connectivity index (χ3n) is 4.64. The lowest BCUT2D eigenvalue weighted by molar-refractivity contribution is -0.120. The molecule has 0 saturated heterocycles. The molecule has 0 atom stereocenters. The highest BCUT2D eigenvalue weighted by Crippen LogP contribution is 2.17. The summed E-state index contributed by atoms with van der Waals surface area (Å²) in [6, 6.07) is 7.80. The fourth-order valence-corrected chi connectivity index (χ4v) is 2.96. The molecule has 2 rings (SSSR count). The maximum absolute atomic E-state index is 12.2. The van der Waals surface area contributed by atoms with E-state index in [0.29, 0.717) is 63.8 Å². The molecule has 11 nitrogen and oxygen atoms in total. The van der Waals surface area contributed by atoms with Crippen LogP contribution in [-0.2, 0) is 20.7 Å². The Kier molecular flexibility index (Phi) is 13.4. The number of hydrogen-bond acceptors (Lipinski definition) is 10. The van der Waals surface area contributed by atoms with Crippen molar-refractivity contribution in [3.05, 3.63) is 29.8 Å². The summed E-state index contributed by atoms with van der Waals surface area (Å²) in [6.07, 6.45) is 2.41. The van der Waals surface area contributed by atoms with Gasteiger partial charge in [0.2, 0.25) is 23.8 Å². The van der Waals surface area contributed by atoms with Gasteiger partial charge in [0.1, 0.15) is 0 Å². The molecule has 0 bridgehead atoms. The highest BCUT2D eigenvalue weighted by molar-refractivity contribution is 5.78. The average Bonchev–Trinajstić information content (AvgIpc) is 2.82. The van der Waals surface area contributed by atoms with E-state index in [-0.39, 0.29) is 11.9 Å². The molecule has 6 N–H and O–H groups in total. The molecule has 0 unspecified atom stereocenters. The second-order valence-corrected chi connectivity index (χ2v) is 8.25. The smallest absolute Gasteiger partial charge is 0.233 e. The Morgan fingerprint density at radius 3 is 2.31 bits per heavy atom. The number of aromatic nitrogens is 3. The number of ether oxygens (including phenoxy) is 2. The van der Waals surface area contributed by atoms with Crippen molar-refractivity contribution in [2.45, 2.75) is 46.1 Å². The van der Waals surface area contributed by atoms with E-state index in [1.54, 1.807) is 0 Å². The van der Waals surface area contributed by atoms with E-state index < -0.39 is 0 Å². The molecule has 1 amide bonds. The van der Waals surface area contributed by atoms with Crippen molar-refractivity contribution >= 4 is 29.4 Å². The van der Waals surface area contributed by atoms with E-state index in [9.17, 15) is 4.79 Å². The van der Waals surface area contributed by atoms with Crippen LogP contribution >= 0.6 is 0 Å². The van der Waals surface area contributed by atoms with Crippen molar-refractivity contribution in [2.24, 2.45) is 5.73 Å². The number of benzene rings is 1. The molecule has 35 heavy (non-hydrogen) atoms. The Balaban J connectivity index is 1.83. The first-order valence-electron chi connectivity index (χ1n) is 12.2. The zero-order chi connectivity index (χ0) is 25.3. The van der Waals surface area contributed by atoms with Crippen LogP contribution in [-0.4, -0.2) is 73.0 Å². The van der Waals surface area contributed by atoms with Crippen molar-refractivity contribution in [1.82, 2.24) is 20.3 Å². The predicted molar refractivity (Wildman–Crippen MR) is 139 cm³/mol. The zero-order valence-corrected chi connectivity index (χ0v) is 21.1. The largest absolute Gasteiger partial charge is 0.378 e. The quantitative estimate of drug-likeness (QED) is 0.198. The van der Waals surface area contributed by atoms with Gasteiger partial charge in [-0.3, -0.25) is 4.79 Å². The van der Waals surface area contributed by atoms with Crippen molar-refractivity contribution < 1.29 is 14.3 Å². The van der Waals surface area contributed by atoms with Gasteiger partial charge in [-0.25, -0.2) is 0 Å². The molecule has 194 valence electrons. The number of anilines is 4. The standard InChI is InChI=1S/C24H40N8O3/c1-4-5-11-27-22-30-23(28-18(2)3)32-24(31-22)29-20-8-6-19(7-9-20)17-21(33)26-12-14-35-16-15-34-13-10-25/h6-9,18H,4-5,10-17,25H2,1-3H3,(H,26,33)(H3,27,28,29,30,31,32). The van der Waals surface area contributed by atoms with Gasteiger partial charge in [-0.2, -0.15) is 15.0 Å². The van der Waals surface area contributed by atoms with Crippen molar-refractivity contribution in [2.75, 3.05) is 62.0 Å². The first-order chi connectivity index (χ1) is 17.0. The Labute approximate surface area is 208 Å². The molecule has 0 saturated carbocycles. The number of unbranched alkanes of at least 4 members (excludes halogenated alkanes) is 1. The number of nitrogens with zero attached hydrogens (tertiary/aromatic N) is 3. The van der Waals surface area contributed by atoms with Crippen LogP contribution in [0.15, 0.2) is 24.3 Å². The molecule has 0 aliphatic heterocycles. The molecule has 0 radical (unpaired) electrons. The number of hydrogen-bond donors (Lipinski definition) is 5. The topological polar surface area (TPSA) is 148 Å². The number of nitrogens with two attached hydrogens (primary N) is 1. The predicted octanol–water partition coefficient (Wildman–Crippen LogP) is 2.30. The maximum Gasteiger partial charge on any atom is 0.233 e. The Morgan fingerprint density at radius 2 is 1.63 bits per heavy atom. The fraction of sp³-hybridized carbons (Fsp3) is 0.583. The van der Waals surface area contributed by atoms with E-state index in [1.807, 2.05) is 38.1 Å². The Bertz CT molecular complexity index is 864. The van der Waals surface area contributed by atoms with Gasteiger partial charge >= 0.3 is 0 Å². The van der Waals surface area contributed by atoms with Crippen LogP contribution < -0.4 is 27.0 Å². The Hall–Kier alpha value is -3.02. The second-order valence-electron chi connectivity index (χ2n) is 8.25. The minimum atomic E-state index is -0.0571. The first-order valence-corrected chi connectivity index (χ1v) is 12.2. The summed E-state index contributed by atoms with van der Waals surface area (Å²) in [7, 11) is 0. The third-order valence-corrected chi connectivity index (χ3v) is 4.64. The molecule has 1 aromatic carbocycles. The summed E-state index contributed by atoms with van der Waals surface area (Å²) >= 11 is 0. The molecule has 1 heterocycles. The summed E-state index contributed by atoms with van der Waals surface area (Å²) < 4.78 is 10.6. The van der Waals surface area contributed by atoms with E-state index in [4.69, 9.17) is 15.2 Å². The van der Waals surface area contributed by atoms with Crippen LogP contribution in [0.2, 0.25) is 0 Å². The van der Waals surface area contributed by atoms with Crippen molar-refractivity contribution in [3.8, 4) is 0 Å². The molecule has 0 aliphatic carbocycles. The van der Waals surface area contributed by atoms with Crippen LogP contribution in [0, 0.1) is 0 Å². The minimum absolute atomic E-state index is 0.0571. The lowest BCUT2D eigenvalue weighted by atomic mass is 10.1. The SMILES string of the molecule is CCCCNc1nc(Nc2ccc(CC(=O)NCCOCCOCCN)cc2)nc(NC(C)C)n1. The van der Waals surface area contributed by atoms with Crippen LogP contribution in [0.25, 0.3) is 0 Å². The molecule has 0 aliphatic rings. The van der Waals surface area contributed by atoms with Crippen molar-refractivity contribution in [1.29, 1.82) is 0 Å². The lowest BCUT2D eigenvalue weighted by Crippen LogP contribution is -2.29. The third kappa shape index (κ3) is 12.3. The van der Waals surface area contributed by atoms with Crippen LogP contribution in [0.4, 0.5) is 23.5 Å². The summed E-state index contributed by atoms with van der Waals surface area (Å²) in [5.41, 5.74) is 7.07. The van der Waals surface area contributed by atoms with Gasteiger partial charge in [0, 0.05) is 31.4 Å². The second kappa shape index (κ2) is 16.6. The van der Waals surface area contributed by atoms with E-state index in [1.165, 1.54) is 0 Å². The monoisotopic (exact) mass is 488 g/mol. The van der Waals surface area contributed by atoms with E-state index in [0.717, 1.165) is 30.6 Å². The molecule has 0 spiro atoms. The average molecular weight is 489 g/mol. The molecular formula is C24H40N8O3. The summed E-state index contributed by atoms with van der Waals surface area (Å²) in [5, 5.41) is 12.5. The molecule has 1 aromatic heterocycles. The summed E-state index contributed by atoms with van der Waals surface area (Å²) in [4.78, 5) is 25.5. The summed E-state index contributed by atoms with van der Waals surface area (Å²) in [6.45, 7) is 9.90. The summed E-state index contributed by atoms with van der Waals surface area (Å²) in [5.74, 6) is 1.43. The molecule has 0 fully saturated rings. The minimum Gasteiger partial charge on any atom is -0.378 e. The van der Waals surface area contributed by atoms with Gasteiger partial charge in [0.05, 0.1) is 32.8 Å². The van der Waals surface area contributed by atoms with Crippen LogP contribution in [0.1, 0.15) is 39.2 Å². The highest BCUT2D eigenvalue weighted by atomic mass is 16.5. The van der Waals surface area contributed by atoms with Crippen molar-refractivity contribution in [3.63, 3.8) is 0 Å². The van der Waals surface area contributed by atoms with E-state index in [2.05, 4.69) is 43.1 Å². The van der Waals surface area contributed by atoms with Crippen LogP contribution in [0.3, 0.4) is 0 Å². The highest BCUT2D eigenvalue weighted by Gasteiger charge is 2.09. The van der Waals surface area contributed by atoms with Gasteiger partial charge in [-0.1, -0.05) is 25.5 Å². The fourth-order valence-electron chi connectivity index (χ4n) is 2.96. The van der Waals surface area contributed by atoms with Gasteiger partial charge in [-0.15, -0.1) is 0 Å².